The molecule has 0 bridgehead atoms. The number of hydrogen-bond donors (Lipinski definition) is 2. The molecular weight excluding hydrogens is 634 g/mol. The zero-order chi connectivity index (χ0) is 34.2. The van der Waals surface area contributed by atoms with Crippen molar-refractivity contribution in [3.63, 3.8) is 0 Å². The Kier molecular flexibility index (Phi) is 8.98. The molecule has 3 aromatic rings. The van der Waals surface area contributed by atoms with E-state index in [-0.39, 0.29) is 47.8 Å². The molecule has 3 aliphatic rings. The number of halogens is 1. The molecule has 2 N–H and O–H groups in total. The molecule has 4 heterocycles. The topological polar surface area (TPSA) is 157 Å². The van der Waals surface area contributed by atoms with E-state index in [0.717, 1.165) is 37.7 Å². The number of urea groups is 1. The number of amides is 4. The quantitative estimate of drug-likeness (QED) is 0.361. The molecule has 14 heteroatoms. The number of pyridine rings is 1. The largest absolute Gasteiger partial charge is 0.489 e. The molecule has 1 aliphatic carbocycles. The van der Waals surface area contributed by atoms with Crippen molar-refractivity contribution < 1.29 is 19.1 Å². The van der Waals surface area contributed by atoms with Gasteiger partial charge in [-0.1, -0.05) is 39.3 Å². The highest BCUT2D eigenvalue weighted by molar-refractivity contribution is 6.31. The number of carbonyl (C=O) groups excluding carboxylic acids is 3. The first kappa shape index (κ1) is 33.1. The predicted molar refractivity (Wildman–Crippen MR) is 179 cm³/mol. The normalized spacial score (nSPS) is 21.9. The Labute approximate surface area is 284 Å². The molecule has 1 aromatic carbocycles. The van der Waals surface area contributed by atoms with Crippen molar-refractivity contribution in [2.45, 2.75) is 52.8 Å². The van der Waals surface area contributed by atoms with Gasteiger partial charge in [-0.15, -0.1) is 5.10 Å². The van der Waals surface area contributed by atoms with E-state index < -0.39 is 6.03 Å². The molecule has 4 amide bonds. The molecule has 3 fully saturated rings. The molecule has 250 valence electrons. The van der Waals surface area contributed by atoms with Crippen LogP contribution < -0.4 is 25.2 Å². The van der Waals surface area contributed by atoms with Gasteiger partial charge in [-0.3, -0.25) is 24.7 Å². The number of nitrogens with zero attached hydrogens (tertiary/aromatic N) is 7. The first-order chi connectivity index (χ1) is 22.9. The Bertz CT molecular complexity index is 1730. The van der Waals surface area contributed by atoms with Gasteiger partial charge in [0.15, 0.2) is 5.82 Å². The van der Waals surface area contributed by atoms with E-state index in [1.165, 1.54) is 4.90 Å². The Morgan fingerprint density at radius 2 is 1.75 bits per heavy atom. The van der Waals surface area contributed by atoms with Crippen molar-refractivity contribution in [1.82, 2.24) is 30.7 Å². The molecule has 13 nitrogen and oxygen atoms in total. The summed E-state index contributed by atoms with van der Waals surface area (Å²) in [5.41, 5.74) is 0.938. The van der Waals surface area contributed by atoms with Gasteiger partial charge in [0.2, 0.25) is 5.91 Å². The standard InChI is InChI=1S/C34H38ClN9O4/c1-33(2)30(34(3,4)31(33)48-24-8-5-21(18-36)25(35)17-24)39-29(46)22-6-9-26(37-19-22)43-15-13-42(14-16-43)20-23-7-10-27(41-40-23)44-12-11-28(45)38-32(44)47/h5-10,17,19,30-31H,11-16,20H2,1-4H3,(H,39,46)(H,38,45,47). The molecule has 2 aromatic heterocycles. The highest BCUT2D eigenvalue weighted by Crippen LogP contribution is 2.55. The molecule has 1 saturated carbocycles. The van der Waals surface area contributed by atoms with E-state index >= 15 is 0 Å². The first-order valence-electron chi connectivity index (χ1n) is 15.9. The van der Waals surface area contributed by atoms with Crippen molar-refractivity contribution in [2.24, 2.45) is 10.8 Å². The van der Waals surface area contributed by atoms with Crippen LogP contribution in [0, 0.1) is 22.2 Å². The number of rotatable bonds is 8. The minimum atomic E-state index is -0.482. The Balaban J connectivity index is 0.994. The third-order valence-corrected chi connectivity index (χ3v) is 9.87. The van der Waals surface area contributed by atoms with E-state index in [1.54, 1.807) is 30.5 Å². The summed E-state index contributed by atoms with van der Waals surface area (Å²) in [6.07, 6.45) is 1.66. The second-order valence-electron chi connectivity index (χ2n) is 13.6. The zero-order valence-electron chi connectivity index (χ0n) is 27.4. The Hall–Kier alpha value is -4.80. The SMILES string of the molecule is CC1(C)C(NC(=O)c2ccc(N3CCN(Cc4ccc(N5CCC(=O)NC5=O)nn4)CC3)nc2)C(C)(C)C1Oc1ccc(C#N)c(Cl)c1. The fourth-order valence-electron chi connectivity index (χ4n) is 7.25. The number of aromatic nitrogens is 3. The van der Waals surface area contributed by atoms with Crippen LogP contribution in [-0.2, 0) is 11.3 Å². The summed E-state index contributed by atoms with van der Waals surface area (Å²) in [6.45, 7) is 12.3. The summed E-state index contributed by atoms with van der Waals surface area (Å²) < 4.78 is 6.34. The first-order valence-corrected chi connectivity index (χ1v) is 16.3. The average molecular weight is 672 g/mol. The van der Waals surface area contributed by atoms with Crippen LogP contribution >= 0.6 is 11.6 Å². The summed E-state index contributed by atoms with van der Waals surface area (Å²) in [5.74, 6) is 1.34. The van der Waals surface area contributed by atoms with E-state index in [1.807, 2.05) is 18.2 Å². The van der Waals surface area contributed by atoms with Gasteiger partial charge in [-0.25, -0.2) is 9.78 Å². The number of carbonyl (C=O) groups is 3. The lowest BCUT2D eigenvalue weighted by molar-refractivity contribution is -0.164. The number of hydrogen-bond acceptors (Lipinski definition) is 10. The van der Waals surface area contributed by atoms with Gasteiger partial charge in [0.1, 0.15) is 23.7 Å². The summed E-state index contributed by atoms with van der Waals surface area (Å²) in [5, 5.41) is 23.5. The van der Waals surface area contributed by atoms with E-state index in [9.17, 15) is 14.4 Å². The minimum Gasteiger partial charge on any atom is -0.489 e. The Morgan fingerprint density at radius 1 is 1.02 bits per heavy atom. The molecule has 48 heavy (non-hydrogen) atoms. The van der Waals surface area contributed by atoms with Gasteiger partial charge in [0, 0.05) is 74.8 Å². The number of piperazine rings is 1. The number of ether oxygens (including phenoxy) is 1. The lowest BCUT2D eigenvalue weighted by Gasteiger charge is -2.63. The number of anilines is 2. The van der Waals surface area contributed by atoms with Crippen LogP contribution in [0.3, 0.4) is 0 Å². The maximum atomic E-state index is 13.3. The number of imide groups is 1. The second-order valence-corrected chi connectivity index (χ2v) is 14.0. The number of benzene rings is 1. The summed E-state index contributed by atoms with van der Waals surface area (Å²) in [6, 6.07) is 13.8. The number of nitrogens with one attached hydrogen (secondary N) is 2. The highest BCUT2D eigenvalue weighted by Gasteiger charge is 2.64. The van der Waals surface area contributed by atoms with Crippen LogP contribution in [0.25, 0.3) is 0 Å². The predicted octanol–water partition coefficient (Wildman–Crippen LogP) is 3.78. The van der Waals surface area contributed by atoms with Crippen molar-refractivity contribution >= 4 is 41.1 Å². The maximum absolute atomic E-state index is 13.3. The summed E-state index contributed by atoms with van der Waals surface area (Å²) in [4.78, 5) is 47.3. The van der Waals surface area contributed by atoms with Crippen LogP contribution in [0.2, 0.25) is 5.02 Å². The van der Waals surface area contributed by atoms with Crippen LogP contribution in [0.1, 0.15) is 55.7 Å². The Morgan fingerprint density at radius 3 is 2.35 bits per heavy atom. The van der Waals surface area contributed by atoms with E-state index in [0.29, 0.717) is 34.3 Å². The van der Waals surface area contributed by atoms with Gasteiger partial charge in [-0.05, 0) is 36.4 Å². The van der Waals surface area contributed by atoms with Crippen molar-refractivity contribution in [3.8, 4) is 11.8 Å². The van der Waals surface area contributed by atoms with Crippen molar-refractivity contribution in [2.75, 3.05) is 42.5 Å². The molecule has 2 aliphatic heterocycles. The molecule has 2 saturated heterocycles. The third-order valence-electron chi connectivity index (χ3n) is 9.56. The monoisotopic (exact) mass is 671 g/mol. The number of nitriles is 1. The lowest BCUT2D eigenvalue weighted by Crippen LogP contribution is -2.74. The van der Waals surface area contributed by atoms with Crippen LogP contribution in [0.15, 0.2) is 48.7 Å². The summed E-state index contributed by atoms with van der Waals surface area (Å²) >= 11 is 6.22. The van der Waals surface area contributed by atoms with Crippen LogP contribution in [-0.4, -0.2) is 82.8 Å². The smallest absolute Gasteiger partial charge is 0.329 e. The van der Waals surface area contributed by atoms with Crippen LogP contribution in [0.4, 0.5) is 16.4 Å². The molecule has 0 atom stereocenters. The van der Waals surface area contributed by atoms with Gasteiger partial charge in [0.25, 0.3) is 5.91 Å². The third kappa shape index (κ3) is 6.50. The van der Waals surface area contributed by atoms with Gasteiger partial charge < -0.3 is 15.0 Å². The summed E-state index contributed by atoms with van der Waals surface area (Å²) in [7, 11) is 0. The fourth-order valence-corrected chi connectivity index (χ4v) is 7.46. The highest BCUT2D eigenvalue weighted by atomic mass is 35.5. The second kappa shape index (κ2) is 13.0. The minimum absolute atomic E-state index is 0.153. The lowest BCUT2D eigenvalue weighted by atomic mass is 9.49. The average Bonchev–Trinajstić information content (AvgIpc) is 3.07. The van der Waals surface area contributed by atoms with Crippen molar-refractivity contribution in [1.29, 1.82) is 5.26 Å². The van der Waals surface area contributed by atoms with Crippen molar-refractivity contribution in [3.05, 3.63) is 70.5 Å². The molecule has 6 rings (SSSR count). The maximum Gasteiger partial charge on any atom is 0.329 e. The molecule has 0 unspecified atom stereocenters. The fraction of sp³-hybridized carbons (Fsp3) is 0.441. The van der Waals surface area contributed by atoms with Gasteiger partial charge >= 0.3 is 6.03 Å². The van der Waals surface area contributed by atoms with E-state index in [2.05, 4.69) is 69.4 Å². The van der Waals surface area contributed by atoms with E-state index in [4.69, 9.17) is 21.6 Å². The zero-order valence-corrected chi connectivity index (χ0v) is 28.1. The van der Waals surface area contributed by atoms with Crippen LogP contribution in [0.5, 0.6) is 5.75 Å². The molecule has 0 radical (unpaired) electrons. The van der Waals surface area contributed by atoms with Gasteiger partial charge in [0.05, 0.1) is 21.8 Å². The van der Waals surface area contributed by atoms with Gasteiger partial charge in [-0.2, -0.15) is 10.4 Å². The molecule has 0 spiro atoms. The molecular formula is C34H38ClN9O4.